The highest BCUT2D eigenvalue weighted by atomic mass is 15.0. The zero-order valence-corrected chi connectivity index (χ0v) is 9.52. The Hall–Kier alpha value is -2.04. The van der Waals surface area contributed by atoms with Gasteiger partial charge in [0.15, 0.2) is 11.6 Å². The van der Waals surface area contributed by atoms with Gasteiger partial charge >= 0.3 is 0 Å². The van der Waals surface area contributed by atoms with Gasteiger partial charge in [-0.05, 0) is 19.4 Å². The smallest absolute Gasteiger partial charge is 0.199 e. The summed E-state index contributed by atoms with van der Waals surface area (Å²) in [4.78, 5) is 17.0. The van der Waals surface area contributed by atoms with E-state index < -0.39 is 0 Å². The third-order valence-electron chi connectivity index (χ3n) is 2.09. The van der Waals surface area contributed by atoms with E-state index in [9.17, 15) is 0 Å². The number of rotatable bonds is 2. The summed E-state index contributed by atoms with van der Waals surface area (Å²) in [7, 11) is 1.82. The first kappa shape index (κ1) is 10.5. The molecule has 0 aliphatic rings. The lowest BCUT2D eigenvalue weighted by atomic mass is 10.3. The van der Waals surface area contributed by atoms with Crippen LogP contribution in [0.3, 0.4) is 0 Å². The third-order valence-corrected chi connectivity index (χ3v) is 2.09. The Kier molecular flexibility index (Phi) is 2.76. The Morgan fingerprint density at radius 2 is 1.69 bits per heavy atom. The summed E-state index contributed by atoms with van der Waals surface area (Å²) in [5.74, 6) is 1.86. The minimum absolute atomic E-state index is 0.546. The summed E-state index contributed by atoms with van der Waals surface area (Å²) in [6.45, 7) is 3.86. The quantitative estimate of drug-likeness (QED) is 0.824. The lowest BCUT2D eigenvalue weighted by Crippen LogP contribution is -2.01. The summed E-state index contributed by atoms with van der Waals surface area (Å²) in [6, 6.07) is 1.87. The monoisotopic (exact) mass is 215 g/mol. The Morgan fingerprint density at radius 3 is 2.31 bits per heavy atom. The maximum absolute atomic E-state index is 4.31. The van der Waals surface area contributed by atoms with Crippen LogP contribution in [-0.2, 0) is 0 Å². The number of nitrogens with zero attached hydrogens (tertiary/aromatic N) is 4. The van der Waals surface area contributed by atoms with E-state index >= 15 is 0 Å². The highest BCUT2D eigenvalue weighted by molar-refractivity contribution is 5.48. The summed E-state index contributed by atoms with van der Waals surface area (Å²) in [6.07, 6.45) is 3.51. The second-order valence-electron chi connectivity index (χ2n) is 3.55. The van der Waals surface area contributed by atoms with Gasteiger partial charge in [-0.25, -0.2) is 19.9 Å². The largest absolute Gasteiger partial charge is 0.373 e. The lowest BCUT2D eigenvalue weighted by molar-refractivity contribution is 1.04. The van der Waals surface area contributed by atoms with Crippen LogP contribution in [-0.4, -0.2) is 27.0 Å². The van der Waals surface area contributed by atoms with Crippen molar-refractivity contribution in [3.05, 3.63) is 29.7 Å². The van der Waals surface area contributed by atoms with E-state index in [1.54, 1.807) is 12.4 Å². The van der Waals surface area contributed by atoms with Crippen molar-refractivity contribution in [1.29, 1.82) is 0 Å². The van der Waals surface area contributed by atoms with Crippen LogP contribution in [0.15, 0.2) is 18.5 Å². The van der Waals surface area contributed by atoms with Crippen LogP contribution in [0.1, 0.15) is 11.3 Å². The second-order valence-corrected chi connectivity index (χ2v) is 3.55. The zero-order chi connectivity index (χ0) is 11.5. The van der Waals surface area contributed by atoms with Gasteiger partial charge in [-0.2, -0.15) is 0 Å². The van der Waals surface area contributed by atoms with Crippen LogP contribution in [0.4, 0.5) is 5.82 Å². The molecule has 82 valence electrons. The fraction of sp³-hybridized carbons (Fsp3) is 0.273. The molecule has 2 aromatic heterocycles. The standard InChI is InChI=1S/C11H13N5/c1-7-5-13-10(14-6-7)11-15-8(2)4-9(12-3)16-11/h4-6H,1-3H3,(H,12,15,16). The Bertz CT molecular complexity index is 492. The van der Waals surface area contributed by atoms with Crippen LogP contribution in [0.5, 0.6) is 0 Å². The van der Waals surface area contributed by atoms with Crippen molar-refractivity contribution < 1.29 is 0 Å². The number of hydrogen-bond donors (Lipinski definition) is 1. The molecule has 2 heterocycles. The predicted molar refractivity (Wildman–Crippen MR) is 62.1 cm³/mol. The van der Waals surface area contributed by atoms with Gasteiger partial charge in [0.2, 0.25) is 0 Å². The van der Waals surface area contributed by atoms with E-state index in [1.807, 2.05) is 27.0 Å². The molecular weight excluding hydrogens is 202 g/mol. The molecule has 0 aliphatic heterocycles. The van der Waals surface area contributed by atoms with Crippen molar-refractivity contribution in [2.75, 3.05) is 12.4 Å². The van der Waals surface area contributed by atoms with Gasteiger partial charge in [0, 0.05) is 31.2 Å². The van der Waals surface area contributed by atoms with Crippen molar-refractivity contribution in [1.82, 2.24) is 19.9 Å². The molecule has 2 aromatic rings. The third kappa shape index (κ3) is 2.13. The first-order valence-electron chi connectivity index (χ1n) is 5.01. The molecule has 0 unspecified atom stereocenters. The Balaban J connectivity index is 2.47. The number of aryl methyl sites for hydroxylation is 2. The van der Waals surface area contributed by atoms with Crippen molar-refractivity contribution in [3.63, 3.8) is 0 Å². The highest BCUT2D eigenvalue weighted by Crippen LogP contribution is 2.13. The summed E-state index contributed by atoms with van der Waals surface area (Å²) >= 11 is 0. The van der Waals surface area contributed by atoms with Crippen LogP contribution < -0.4 is 5.32 Å². The van der Waals surface area contributed by atoms with E-state index in [4.69, 9.17) is 0 Å². The molecule has 0 fully saturated rings. The van der Waals surface area contributed by atoms with E-state index in [2.05, 4.69) is 25.3 Å². The number of nitrogens with one attached hydrogen (secondary N) is 1. The Morgan fingerprint density at radius 1 is 1.00 bits per heavy atom. The van der Waals surface area contributed by atoms with Crippen molar-refractivity contribution in [2.45, 2.75) is 13.8 Å². The van der Waals surface area contributed by atoms with Gasteiger partial charge in [0.05, 0.1) is 0 Å². The van der Waals surface area contributed by atoms with E-state index in [1.165, 1.54) is 0 Å². The van der Waals surface area contributed by atoms with Crippen molar-refractivity contribution in [2.24, 2.45) is 0 Å². The van der Waals surface area contributed by atoms with Crippen LogP contribution >= 0.6 is 0 Å². The number of aromatic nitrogens is 4. The molecule has 0 aliphatic carbocycles. The molecule has 0 bridgehead atoms. The molecule has 0 saturated carbocycles. The molecule has 1 N–H and O–H groups in total. The molecule has 0 spiro atoms. The first-order valence-corrected chi connectivity index (χ1v) is 5.01. The van der Waals surface area contributed by atoms with Gasteiger partial charge in [0.1, 0.15) is 5.82 Å². The van der Waals surface area contributed by atoms with Gasteiger partial charge in [-0.3, -0.25) is 0 Å². The summed E-state index contributed by atoms with van der Waals surface area (Å²) in [5, 5.41) is 2.98. The summed E-state index contributed by atoms with van der Waals surface area (Å²) < 4.78 is 0. The topological polar surface area (TPSA) is 63.6 Å². The summed E-state index contributed by atoms with van der Waals surface area (Å²) in [5.41, 5.74) is 1.91. The van der Waals surface area contributed by atoms with Crippen LogP contribution in [0.2, 0.25) is 0 Å². The van der Waals surface area contributed by atoms with Crippen molar-refractivity contribution in [3.8, 4) is 11.6 Å². The minimum Gasteiger partial charge on any atom is -0.373 e. The molecule has 16 heavy (non-hydrogen) atoms. The van der Waals surface area contributed by atoms with E-state index in [-0.39, 0.29) is 0 Å². The molecule has 0 amide bonds. The van der Waals surface area contributed by atoms with Gasteiger partial charge in [-0.15, -0.1) is 0 Å². The molecule has 0 saturated heterocycles. The second kappa shape index (κ2) is 4.22. The van der Waals surface area contributed by atoms with Gasteiger partial charge in [0.25, 0.3) is 0 Å². The SMILES string of the molecule is CNc1cc(C)nc(-c2ncc(C)cn2)n1. The van der Waals surface area contributed by atoms with Gasteiger partial charge in [-0.1, -0.05) is 0 Å². The average Bonchev–Trinajstić information content (AvgIpc) is 2.29. The molecule has 0 aromatic carbocycles. The zero-order valence-electron chi connectivity index (χ0n) is 9.52. The predicted octanol–water partition coefficient (Wildman–Crippen LogP) is 1.59. The normalized spacial score (nSPS) is 10.2. The maximum Gasteiger partial charge on any atom is 0.199 e. The maximum atomic E-state index is 4.31. The fourth-order valence-corrected chi connectivity index (χ4v) is 1.30. The molecule has 5 nitrogen and oxygen atoms in total. The number of anilines is 1. The average molecular weight is 215 g/mol. The Labute approximate surface area is 94.0 Å². The fourth-order valence-electron chi connectivity index (χ4n) is 1.30. The first-order chi connectivity index (χ1) is 7.69. The lowest BCUT2D eigenvalue weighted by Gasteiger charge is -2.04. The highest BCUT2D eigenvalue weighted by Gasteiger charge is 2.06. The molecular formula is C11H13N5. The molecule has 0 radical (unpaired) electrons. The van der Waals surface area contributed by atoms with Crippen molar-refractivity contribution >= 4 is 5.82 Å². The van der Waals surface area contributed by atoms with Crippen LogP contribution in [0, 0.1) is 13.8 Å². The van der Waals surface area contributed by atoms with Gasteiger partial charge < -0.3 is 5.32 Å². The van der Waals surface area contributed by atoms with E-state index in [0.29, 0.717) is 11.6 Å². The molecule has 2 rings (SSSR count). The minimum atomic E-state index is 0.546. The molecule has 0 atom stereocenters. The molecule has 5 heteroatoms. The van der Waals surface area contributed by atoms with E-state index in [0.717, 1.165) is 17.1 Å². The number of hydrogen-bond acceptors (Lipinski definition) is 5. The van der Waals surface area contributed by atoms with Crippen LogP contribution in [0.25, 0.3) is 11.6 Å².